The molecule has 0 unspecified atom stereocenters. The lowest BCUT2D eigenvalue weighted by Crippen LogP contribution is -2.30. The number of hydrogen-bond donors (Lipinski definition) is 1. The van der Waals surface area contributed by atoms with Gasteiger partial charge in [-0.25, -0.2) is 4.98 Å². The summed E-state index contributed by atoms with van der Waals surface area (Å²) in [5, 5.41) is 5.33. The van der Waals surface area contributed by atoms with Gasteiger partial charge in [0.05, 0.1) is 0 Å². The van der Waals surface area contributed by atoms with Gasteiger partial charge in [-0.3, -0.25) is 0 Å². The second-order valence-electron chi connectivity index (χ2n) is 6.01. The van der Waals surface area contributed by atoms with E-state index in [0.717, 1.165) is 0 Å². The molecule has 1 aromatic heterocycles. The minimum atomic E-state index is -5.30. The van der Waals surface area contributed by atoms with Crippen molar-refractivity contribution in [3.63, 3.8) is 0 Å². The fourth-order valence-electron chi connectivity index (χ4n) is 2.07. The maximum atomic E-state index is 13.3. The van der Waals surface area contributed by atoms with Gasteiger partial charge >= 0.3 is 15.4 Å². The second-order valence-corrected chi connectivity index (χ2v) is 7.80. The lowest BCUT2D eigenvalue weighted by atomic mass is 9.98. The molecule has 0 aliphatic carbocycles. The van der Waals surface area contributed by atoms with Gasteiger partial charge in [0.1, 0.15) is 11.6 Å². The summed E-state index contributed by atoms with van der Waals surface area (Å²) >= 11 is 0. The molecule has 0 radical (unpaired) electrons. The number of nitriles is 1. The summed E-state index contributed by atoms with van der Waals surface area (Å²) in [6, 6.07) is 9.84. The van der Waals surface area contributed by atoms with Gasteiger partial charge in [-0.15, -0.1) is 0 Å². The quantitative estimate of drug-likeness (QED) is 0.626. The summed E-state index contributed by atoms with van der Waals surface area (Å²) < 4.78 is 54.6. The highest BCUT2D eigenvalue weighted by Crippen LogP contribution is 2.34. The molecule has 2 aromatic rings. The zero-order valence-electron chi connectivity index (χ0n) is 14.3. The molecular weight excluding hydrogens is 364 g/mol. The fourth-order valence-corrected chi connectivity index (χ4v) is 2.55. The molecule has 0 aliphatic rings. The number of hydrogen-bond acceptors (Lipinski definition) is 6. The molecule has 0 atom stereocenters. The van der Waals surface area contributed by atoms with Crippen LogP contribution in [0.25, 0.3) is 11.1 Å². The number of benzene rings is 1. The molecular formula is C17H17F2N3O3S. The van der Waals surface area contributed by atoms with Crippen LogP contribution in [0.2, 0.25) is 0 Å². The van der Waals surface area contributed by atoms with Crippen LogP contribution in [0.5, 0.6) is 5.88 Å². The zero-order chi connectivity index (χ0) is 19.7. The van der Waals surface area contributed by atoms with Crippen molar-refractivity contribution in [2.24, 2.45) is 0 Å². The first-order chi connectivity index (χ1) is 12.0. The first-order valence-electron chi connectivity index (χ1n) is 7.59. The lowest BCUT2D eigenvalue weighted by molar-refractivity contribution is 0.103. The lowest BCUT2D eigenvalue weighted by Gasteiger charge is -2.16. The predicted molar refractivity (Wildman–Crippen MR) is 93.1 cm³/mol. The normalized spacial score (nSPS) is 12.0. The third kappa shape index (κ3) is 3.91. The largest absolute Gasteiger partial charge is 0.399 e. The Morgan fingerprint density at radius 2 is 1.85 bits per heavy atom. The average molecular weight is 381 g/mol. The molecule has 138 valence electrons. The first-order valence-corrected chi connectivity index (χ1v) is 9.00. The Labute approximate surface area is 150 Å². The summed E-state index contributed by atoms with van der Waals surface area (Å²) in [6.45, 7) is 3.77. The van der Waals surface area contributed by atoms with Gasteiger partial charge in [0.15, 0.2) is 0 Å². The Hall–Kier alpha value is -2.73. The average Bonchev–Trinajstić information content (AvgIpc) is 2.53. The van der Waals surface area contributed by atoms with Crippen LogP contribution in [0.1, 0.15) is 37.9 Å². The van der Waals surface area contributed by atoms with Crippen molar-refractivity contribution >= 4 is 15.8 Å². The molecule has 1 aromatic carbocycles. The minimum Gasteiger partial charge on any atom is -0.399 e. The highest BCUT2D eigenvalue weighted by molar-refractivity contribution is 7.88. The van der Waals surface area contributed by atoms with Crippen molar-refractivity contribution in [1.82, 2.24) is 4.98 Å². The predicted octanol–water partition coefficient (Wildman–Crippen LogP) is 3.65. The summed E-state index contributed by atoms with van der Waals surface area (Å²) in [6.07, 6.45) is 0. The number of aromatic nitrogens is 1. The molecule has 9 heteroatoms. The van der Waals surface area contributed by atoms with E-state index in [4.69, 9.17) is 5.73 Å². The van der Waals surface area contributed by atoms with Crippen LogP contribution in [0.4, 0.5) is 14.5 Å². The Balaban J connectivity index is 2.72. The van der Waals surface area contributed by atoms with Gasteiger partial charge in [-0.1, -0.05) is 26.0 Å². The number of nitrogens with two attached hydrogens (primary N) is 1. The van der Waals surface area contributed by atoms with Gasteiger partial charge in [0.2, 0.25) is 0 Å². The van der Waals surface area contributed by atoms with E-state index in [1.165, 1.54) is 0 Å². The van der Waals surface area contributed by atoms with Crippen LogP contribution in [0.3, 0.4) is 0 Å². The van der Waals surface area contributed by atoms with Crippen molar-refractivity contribution in [1.29, 1.82) is 5.26 Å². The van der Waals surface area contributed by atoms with Crippen LogP contribution in [-0.2, 0) is 10.1 Å². The number of anilines is 1. The molecule has 0 saturated carbocycles. The minimum absolute atomic E-state index is 0.164. The molecule has 0 aliphatic heterocycles. The monoisotopic (exact) mass is 381 g/mol. The summed E-state index contributed by atoms with van der Waals surface area (Å²) in [4.78, 5) is 3.96. The number of pyridine rings is 1. The van der Waals surface area contributed by atoms with E-state index in [1.54, 1.807) is 50.2 Å². The molecule has 6 nitrogen and oxygen atoms in total. The summed E-state index contributed by atoms with van der Waals surface area (Å²) in [5.74, 6) is -0.838. The first kappa shape index (κ1) is 19.6. The molecule has 2 rings (SSSR count). The molecule has 0 amide bonds. The van der Waals surface area contributed by atoms with E-state index in [-0.39, 0.29) is 18.4 Å². The van der Waals surface area contributed by atoms with Gasteiger partial charge in [0, 0.05) is 23.9 Å². The third-order valence-electron chi connectivity index (χ3n) is 3.56. The van der Waals surface area contributed by atoms with E-state index in [9.17, 15) is 22.5 Å². The van der Waals surface area contributed by atoms with Gasteiger partial charge in [-0.2, -0.15) is 22.5 Å². The molecule has 0 bridgehead atoms. The summed E-state index contributed by atoms with van der Waals surface area (Å²) in [7, 11) is -5.30. The Kier molecular flexibility index (Phi) is 5.18. The Bertz CT molecular complexity index is 960. The van der Waals surface area contributed by atoms with Crippen molar-refractivity contribution in [3.8, 4) is 23.1 Å². The van der Waals surface area contributed by atoms with Gasteiger partial charge in [-0.05, 0) is 29.7 Å². The topological polar surface area (TPSA) is 106 Å². The van der Waals surface area contributed by atoms with Crippen molar-refractivity contribution in [2.75, 3.05) is 5.73 Å². The van der Waals surface area contributed by atoms with Gasteiger partial charge in [0.25, 0.3) is 5.88 Å². The van der Waals surface area contributed by atoms with Crippen LogP contribution >= 0.6 is 0 Å². The number of alkyl halides is 2. The molecule has 0 spiro atoms. The smallest absolute Gasteiger partial charge is 0.377 e. The van der Waals surface area contributed by atoms with E-state index in [1.807, 2.05) is 0 Å². The highest BCUT2D eigenvalue weighted by atomic mass is 32.2. The van der Waals surface area contributed by atoms with Crippen molar-refractivity contribution in [2.45, 2.75) is 31.9 Å². The van der Waals surface area contributed by atoms with Crippen molar-refractivity contribution < 1.29 is 21.4 Å². The number of nitrogen functional groups attached to an aromatic ring is 1. The highest BCUT2D eigenvalue weighted by Gasteiger charge is 2.43. The van der Waals surface area contributed by atoms with E-state index in [2.05, 4.69) is 9.17 Å². The molecule has 1 heterocycles. The fraction of sp³-hybridized carbons (Fsp3) is 0.294. The maximum absolute atomic E-state index is 13.3. The van der Waals surface area contributed by atoms with E-state index >= 15 is 0 Å². The van der Waals surface area contributed by atoms with Crippen LogP contribution in [0, 0.1) is 11.3 Å². The van der Waals surface area contributed by atoms with Crippen molar-refractivity contribution in [3.05, 3.63) is 41.6 Å². The standard InChI is InChI=1S/C17H17F2N3O3S/c1-10(2)15-8-13(11-4-6-12(21)7-5-11)14(9-20)16(22-15)25-26(23,24)17(3,18)19/h4-8,10H,21H2,1-3H3. The van der Waals surface area contributed by atoms with E-state index in [0.29, 0.717) is 22.5 Å². The SMILES string of the molecule is CC(C)c1cc(-c2ccc(N)cc2)c(C#N)c(OS(=O)(=O)C(C)(F)F)n1. The van der Waals surface area contributed by atoms with E-state index < -0.39 is 21.3 Å². The number of rotatable bonds is 5. The zero-order valence-corrected chi connectivity index (χ0v) is 15.1. The molecule has 26 heavy (non-hydrogen) atoms. The van der Waals surface area contributed by atoms with Crippen LogP contribution < -0.4 is 9.92 Å². The molecule has 2 N–H and O–H groups in total. The maximum Gasteiger partial charge on any atom is 0.377 e. The summed E-state index contributed by atoms with van der Waals surface area (Å²) in [5.41, 5.74) is 7.14. The molecule has 0 saturated heterocycles. The number of halogens is 2. The van der Waals surface area contributed by atoms with Crippen LogP contribution in [-0.4, -0.2) is 18.7 Å². The Morgan fingerprint density at radius 3 is 2.31 bits per heavy atom. The molecule has 0 fully saturated rings. The Morgan fingerprint density at radius 1 is 1.27 bits per heavy atom. The van der Waals surface area contributed by atoms with Gasteiger partial charge < -0.3 is 9.92 Å². The number of nitrogens with zero attached hydrogens (tertiary/aromatic N) is 2. The van der Waals surface area contributed by atoms with Crippen LogP contribution in [0.15, 0.2) is 30.3 Å². The third-order valence-corrected chi connectivity index (χ3v) is 4.81. The second kappa shape index (κ2) is 6.88.